The minimum atomic E-state index is -0.630. The molecule has 0 aliphatic carbocycles. The SMILES string of the molecule is O=C(c1ccc(Cl)cc1F)c1cc(Br)cc2c1OCC2. The molecule has 2 nitrogen and oxygen atoms in total. The topological polar surface area (TPSA) is 26.3 Å². The molecule has 2 aromatic carbocycles. The Hall–Kier alpha value is -1.39. The molecule has 102 valence electrons. The van der Waals surface area contributed by atoms with Gasteiger partial charge in [-0.2, -0.15) is 0 Å². The summed E-state index contributed by atoms with van der Waals surface area (Å²) >= 11 is 9.07. The summed E-state index contributed by atoms with van der Waals surface area (Å²) in [5.41, 5.74) is 1.32. The van der Waals surface area contributed by atoms with Crippen molar-refractivity contribution in [2.75, 3.05) is 6.61 Å². The largest absolute Gasteiger partial charge is 0.492 e. The molecule has 1 aliphatic rings. The number of ketones is 1. The third-order valence-corrected chi connectivity index (χ3v) is 3.86. The van der Waals surface area contributed by atoms with Crippen LogP contribution in [-0.4, -0.2) is 12.4 Å². The Morgan fingerprint density at radius 2 is 2.05 bits per heavy atom. The van der Waals surface area contributed by atoms with Crippen LogP contribution in [-0.2, 0) is 6.42 Å². The summed E-state index contributed by atoms with van der Waals surface area (Å²) in [6, 6.07) is 7.59. The van der Waals surface area contributed by atoms with Crippen molar-refractivity contribution >= 4 is 33.3 Å². The van der Waals surface area contributed by atoms with Gasteiger partial charge < -0.3 is 4.74 Å². The van der Waals surface area contributed by atoms with E-state index >= 15 is 0 Å². The Balaban J connectivity index is 2.11. The van der Waals surface area contributed by atoms with Gasteiger partial charge in [0.15, 0.2) is 5.78 Å². The normalized spacial score (nSPS) is 12.9. The summed E-state index contributed by atoms with van der Waals surface area (Å²) < 4.78 is 20.2. The molecule has 20 heavy (non-hydrogen) atoms. The minimum absolute atomic E-state index is 0.00907. The van der Waals surface area contributed by atoms with E-state index in [0.29, 0.717) is 17.9 Å². The molecule has 0 unspecified atom stereocenters. The van der Waals surface area contributed by atoms with E-state index in [4.69, 9.17) is 16.3 Å². The van der Waals surface area contributed by atoms with Crippen molar-refractivity contribution in [3.63, 3.8) is 0 Å². The summed E-state index contributed by atoms with van der Waals surface area (Å²) in [7, 11) is 0. The van der Waals surface area contributed by atoms with Crippen molar-refractivity contribution in [2.24, 2.45) is 0 Å². The fourth-order valence-corrected chi connectivity index (χ4v) is 2.92. The summed E-state index contributed by atoms with van der Waals surface area (Å²) in [5.74, 6) is -0.486. The maximum Gasteiger partial charge on any atom is 0.199 e. The summed E-state index contributed by atoms with van der Waals surface area (Å²) in [4.78, 5) is 12.5. The Morgan fingerprint density at radius 1 is 1.25 bits per heavy atom. The first-order chi connectivity index (χ1) is 9.56. The number of carbonyl (C=O) groups excluding carboxylic acids is 1. The minimum Gasteiger partial charge on any atom is -0.492 e. The summed E-state index contributed by atoms with van der Waals surface area (Å²) in [5, 5.41) is 0.259. The molecule has 0 saturated heterocycles. The molecule has 0 radical (unpaired) electrons. The van der Waals surface area contributed by atoms with Gasteiger partial charge in [-0.25, -0.2) is 4.39 Å². The Morgan fingerprint density at radius 3 is 2.80 bits per heavy atom. The number of benzene rings is 2. The highest BCUT2D eigenvalue weighted by atomic mass is 79.9. The van der Waals surface area contributed by atoms with Gasteiger partial charge in [-0.05, 0) is 35.9 Å². The molecule has 0 bridgehead atoms. The average Bonchev–Trinajstić information content (AvgIpc) is 2.85. The Bertz CT molecular complexity index is 715. The highest BCUT2D eigenvalue weighted by Crippen LogP contribution is 2.34. The third kappa shape index (κ3) is 2.34. The standard InChI is InChI=1S/C15H9BrClFO2/c16-9-5-8-3-4-20-15(8)12(6-9)14(19)11-2-1-10(17)7-13(11)18/h1-2,5-7H,3-4H2. The number of halogens is 3. The first kappa shape index (κ1) is 13.6. The van der Waals surface area contributed by atoms with Crippen molar-refractivity contribution in [3.8, 4) is 5.75 Å². The van der Waals surface area contributed by atoms with E-state index in [2.05, 4.69) is 15.9 Å². The zero-order valence-corrected chi connectivity index (χ0v) is 12.6. The highest BCUT2D eigenvalue weighted by molar-refractivity contribution is 9.10. The zero-order chi connectivity index (χ0) is 14.3. The molecule has 1 heterocycles. The van der Waals surface area contributed by atoms with Crippen LogP contribution in [0.2, 0.25) is 5.02 Å². The molecule has 0 aromatic heterocycles. The lowest BCUT2D eigenvalue weighted by Crippen LogP contribution is -2.06. The molecule has 0 atom stereocenters. The maximum atomic E-state index is 13.9. The van der Waals surface area contributed by atoms with Crippen LogP contribution >= 0.6 is 27.5 Å². The molecule has 0 N–H and O–H groups in total. The van der Waals surface area contributed by atoms with E-state index in [1.807, 2.05) is 6.07 Å². The van der Waals surface area contributed by atoms with Gasteiger partial charge in [0.05, 0.1) is 17.7 Å². The molecule has 0 fully saturated rings. The van der Waals surface area contributed by atoms with E-state index < -0.39 is 11.6 Å². The van der Waals surface area contributed by atoms with Gasteiger partial charge in [-0.3, -0.25) is 4.79 Å². The Kier molecular flexibility index (Phi) is 3.52. The highest BCUT2D eigenvalue weighted by Gasteiger charge is 2.24. The maximum absolute atomic E-state index is 13.9. The van der Waals surface area contributed by atoms with Gasteiger partial charge in [0.1, 0.15) is 11.6 Å². The molecule has 0 spiro atoms. The number of ether oxygens (including phenoxy) is 1. The lowest BCUT2D eigenvalue weighted by atomic mass is 9.99. The van der Waals surface area contributed by atoms with Crippen molar-refractivity contribution in [1.82, 2.24) is 0 Å². The van der Waals surface area contributed by atoms with E-state index in [1.54, 1.807) is 6.07 Å². The molecule has 5 heteroatoms. The van der Waals surface area contributed by atoms with Crippen LogP contribution in [0, 0.1) is 5.82 Å². The zero-order valence-electron chi connectivity index (χ0n) is 10.3. The van der Waals surface area contributed by atoms with Crippen LogP contribution in [0.3, 0.4) is 0 Å². The fraction of sp³-hybridized carbons (Fsp3) is 0.133. The number of fused-ring (bicyclic) bond motifs is 1. The first-order valence-electron chi connectivity index (χ1n) is 6.01. The quantitative estimate of drug-likeness (QED) is 0.746. The lowest BCUT2D eigenvalue weighted by molar-refractivity contribution is 0.103. The molecule has 0 saturated carbocycles. The van der Waals surface area contributed by atoms with Crippen LogP contribution in [0.4, 0.5) is 4.39 Å². The van der Waals surface area contributed by atoms with Gasteiger partial charge in [0, 0.05) is 15.9 Å². The van der Waals surface area contributed by atoms with E-state index in [1.165, 1.54) is 12.1 Å². The molecule has 0 amide bonds. The predicted molar refractivity (Wildman–Crippen MR) is 78.2 cm³/mol. The lowest BCUT2D eigenvalue weighted by Gasteiger charge is -2.09. The second-order valence-corrected chi connectivity index (χ2v) is 5.85. The summed E-state index contributed by atoms with van der Waals surface area (Å²) in [6.45, 7) is 0.537. The Labute approximate surface area is 128 Å². The molecule has 3 rings (SSSR count). The van der Waals surface area contributed by atoms with Crippen LogP contribution in [0.1, 0.15) is 21.5 Å². The number of hydrogen-bond donors (Lipinski definition) is 0. The number of carbonyl (C=O) groups is 1. The second-order valence-electron chi connectivity index (χ2n) is 4.49. The van der Waals surface area contributed by atoms with E-state index in [0.717, 1.165) is 22.5 Å². The second kappa shape index (κ2) is 5.19. The first-order valence-corrected chi connectivity index (χ1v) is 7.18. The number of hydrogen-bond acceptors (Lipinski definition) is 2. The van der Waals surface area contributed by atoms with Crippen LogP contribution < -0.4 is 4.74 Å². The van der Waals surface area contributed by atoms with Gasteiger partial charge in [-0.15, -0.1) is 0 Å². The predicted octanol–water partition coefficient (Wildman–Crippen LogP) is 4.41. The van der Waals surface area contributed by atoms with Crippen molar-refractivity contribution < 1.29 is 13.9 Å². The van der Waals surface area contributed by atoms with Gasteiger partial charge >= 0.3 is 0 Å². The van der Waals surface area contributed by atoms with Crippen LogP contribution in [0.25, 0.3) is 0 Å². The van der Waals surface area contributed by atoms with Gasteiger partial charge in [-0.1, -0.05) is 27.5 Å². The molecular formula is C15H9BrClFO2. The van der Waals surface area contributed by atoms with E-state index in [9.17, 15) is 9.18 Å². The van der Waals surface area contributed by atoms with Gasteiger partial charge in [0.2, 0.25) is 0 Å². The van der Waals surface area contributed by atoms with Crippen LogP contribution in [0.15, 0.2) is 34.8 Å². The molecular weight excluding hydrogens is 347 g/mol. The average molecular weight is 356 g/mol. The summed E-state index contributed by atoms with van der Waals surface area (Å²) in [6.07, 6.45) is 0.748. The van der Waals surface area contributed by atoms with Crippen LogP contribution in [0.5, 0.6) is 5.75 Å². The van der Waals surface area contributed by atoms with Gasteiger partial charge in [0.25, 0.3) is 0 Å². The van der Waals surface area contributed by atoms with Crippen molar-refractivity contribution in [2.45, 2.75) is 6.42 Å². The molecule has 2 aromatic rings. The van der Waals surface area contributed by atoms with Crippen molar-refractivity contribution in [1.29, 1.82) is 0 Å². The van der Waals surface area contributed by atoms with E-state index in [-0.39, 0.29) is 10.6 Å². The third-order valence-electron chi connectivity index (χ3n) is 3.17. The smallest absolute Gasteiger partial charge is 0.199 e. The number of rotatable bonds is 2. The monoisotopic (exact) mass is 354 g/mol. The van der Waals surface area contributed by atoms with Crippen molar-refractivity contribution in [3.05, 3.63) is 62.3 Å². The molecule has 1 aliphatic heterocycles. The fourth-order valence-electron chi connectivity index (χ4n) is 2.26.